The third-order valence-electron chi connectivity index (χ3n) is 3.30. The molecule has 2 amide bonds. The lowest BCUT2D eigenvalue weighted by atomic mass is 10.2. The maximum atomic E-state index is 12.2. The van der Waals surface area contributed by atoms with Gasteiger partial charge in [0.2, 0.25) is 5.91 Å². The van der Waals surface area contributed by atoms with Crippen molar-refractivity contribution in [3.8, 4) is 5.75 Å². The molecule has 0 saturated heterocycles. The minimum atomic E-state index is -0.586. The fourth-order valence-electron chi connectivity index (χ4n) is 2.16. The fraction of sp³-hybridized carbons (Fsp3) is 0.467. The standard InChI is InChI=1S/C15H21N3O3.ClH/c1-10(16)7-8-17-14(19)9-18-12-5-3-4-6-13(12)21-11(2)15(18)20;/h3-6,10-11H,7-9,16H2,1-2H3,(H,17,19);1H. The molecule has 1 aromatic carbocycles. The first-order chi connectivity index (χ1) is 9.99. The summed E-state index contributed by atoms with van der Waals surface area (Å²) in [7, 11) is 0. The van der Waals surface area contributed by atoms with Crippen LogP contribution in [0, 0.1) is 0 Å². The van der Waals surface area contributed by atoms with Crippen LogP contribution in [-0.4, -0.2) is 37.0 Å². The highest BCUT2D eigenvalue weighted by atomic mass is 35.5. The van der Waals surface area contributed by atoms with E-state index in [2.05, 4.69) is 5.32 Å². The van der Waals surface area contributed by atoms with E-state index in [0.717, 1.165) is 0 Å². The van der Waals surface area contributed by atoms with Crippen molar-refractivity contribution in [2.75, 3.05) is 18.0 Å². The molecule has 2 unspecified atom stereocenters. The van der Waals surface area contributed by atoms with E-state index in [4.69, 9.17) is 10.5 Å². The summed E-state index contributed by atoms with van der Waals surface area (Å²) in [6, 6.07) is 7.25. The van der Waals surface area contributed by atoms with Crippen LogP contribution in [0.2, 0.25) is 0 Å². The van der Waals surface area contributed by atoms with Gasteiger partial charge in [-0.25, -0.2) is 0 Å². The number of para-hydroxylation sites is 2. The normalized spacial score (nSPS) is 17.9. The Labute approximate surface area is 136 Å². The summed E-state index contributed by atoms with van der Waals surface area (Å²) in [5.74, 6) is 0.205. The molecule has 0 bridgehead atoms. The SMILES string of the molecule is CC(N)CCNC(=O)CN1C(=O)C(C)Oc2ccccc21.Cl. The summed E-state index contributed by atoms with van der Waals surface area (Å²) in [5.41, 5.74) is 6.26. The number of nitrogens with one attached hydrogen (secondary N) is 1. The summed E-state index contributed by atoms with van der Waals surface area (Å²) in [5, 5.41) is 2.77. The molecule has 6 nitrogen and oxygen atoms in total. The predicted molar refractivity (Wildman–Crippen MR) is 87.4 cm³/mol. The highest BCUT2D eigenvalue weighted by Crippen LogP contribution is 2.33. The van der Waals surface area contributed by atoms with Gasteiger partial charge in [0.15, 0.2) is 6.10 Å². The van der Waals surface area contributed by atoms with E-state index in [-0.39, 0.29) is 36.8 Å². The van der Waals surface area contributed by atoms with Gasteiger partial charge < -0.3 is 15.8 Å². The number of nitrogens with two attached hydrogens (primary N) is 1. The Morgan fingerprint density at radius 1 is 1.45 bits per heavy atom. The molecule has 2 atom stereocenters. The van der Waals surface area contributed by atoms with Gasteiger partial charge >= 0.3 is 0 Å². The maximum absolute atomic E-state index is 12.2. The van der Waals surface area contributed by atoms with Gasteiger partial charge in [-0.2, -0.15) is 0 Å². The highest BCUT2D eigenvalue weighted by Gasteiger charge is 2.32. The van der Waals surface area contributed by atoms with Gasteiger partial charge in [0.05, 0.1) is 5.69 Å². The number of amides is 2. The zero-order valence-electron chi connectivity index (χ0n) is 12.7. The monoisotopic (exact) mass is 327 g/mol. The number of fused-ring (bicyclic) bond motifs is 1. The summed E-state index contributed by atoms with van der Waals surface area (Å²) in [6.07, 6.45) is 0.118. The van der Waals surface area contributed by atoms with Crippen molar-refractivity contribution in [3.05, 3.63) is 24.3 Å². The molecule has 0 spiro atoms. The lowest BCUT2D eigenvalue weighted by Crippen LogP contribution is -2.49. The quantitative estimate of drug-likeness (QED) is 0.847. The average Bonchev–Trinajstić information content (AvgIpc) is 2.43. The second kappa shape index (κ2) is 8.00. The molecule has 3 N–H and O–H groups in total. The molecule has 1 aromatic rings. The van der Waals surface area contributed by atoms with Crippen molar-refractivity contribution in [1.29, 1.82) is 0 Å². The Kier molecular flexibility index (Phi) is 6.64. The van der Waals surface area contributed by atoms with Crippen LogP contribution in [0.3, 0.4) is 0 Å². The number of anilines is 1. The molecule has 22 heavy (non-hydrogen) atoms. The minimum Gasteiger partial charge on any atom is -0.479 e. The molecular weight excluding hydrogens is 306 g/mol. The molecular formula is C15H22ClN3O3. The first-order valence-electron chi connectivity index (χ1n) is 7.08. The molecule has 0 aromatic heterocycles. The maximum Gasteiger partial charge on any atom is 0.268 e. The predicted octanol–water partition coefficient (Wildman–Crippen LogP) is 1.08. The number of carbonyl (C=O) groups excluding carboxylic acids is 2. The van der Waals surface area contributed by atoms with Gasteiger partial charge in [-0.15, -0.1) is 12.4 Å². The number of nitrogens with zero attached hydrogens (tertiary/aromatic N) is 1. The summed E-state index contributed by atoms with van der Waals surface area (Å²) in [6.45, 7) is 4.06. The summed E-state index contributed by atoms with van der Waals surface area (Å²) >= 11 is 0. The van der Waals surface area contributed by atoms with Crippen LogP contribution in [0.4, 0.5) is 5.69 Å². The van der Waals surface area contributed by atoms with E-state index < -0.39 is 6.10 Å². The number of halogens is 1. The van der Waals surface area contributed by atoms with Crippen LogP contribution in [0.25, 0.3) is 0 Å². The van der Waals surface area contributed by atoms with Gasteiger partial charge in [-0.3, -0.25) is 14.5 Å². The van der Waals surface area contributed by atoms with Gasteiger partial charge in [0, 0.05) is 12.6 Å². The van der Waals surface area contributed by atoms with E-state index in [1.54, 1.807) is 19.1 Å². The average molecular weight is 328 g/mol. The molecule has 1 heterocycles. The highest BCUT2D eigenvalue weighted by molar-refractivity contribution is 6.03. The van der Waals surface area contributed by atoms with Crippen molar-refractivity contribution in [1.82, 2.24) is 5.32 Å². The van der Waals surface area contributed by atoms with E-state index in [1.807, 2.05) is 19.1 Å². The van der Waals surface area contributed by atoms with Crippen LogP contribution < -0.4 is 20.7 Å². The zero-order chi connectivity index (χ0) is 15.4. The Balaban J connectivity index is 0.00000242. The van der Waals surface area contributed by atoms with Crippen LogP contribution >= 0.6 is 12.4 Å². The van der Waals surface area contributed by atoms with E-state index in [9.17, 15) is 9.59 Å². The number of benzene rings is 1. The van der Waals surface area contributed by atoms with Gasteiger partial charge in [0.1, 0.15) is 12.3 Å². The molecule has 0 saturated carbocycles. The van der Waals surface area contributed by atoms with E-state index >= 15 is 0 Å². The molecule has 1 aliphatic rings. The molecule has 122 valence electrons. The summed E-state index contributed by atoms with van der Waals surface area (Å²) < 4.78 is 5.53. The smallest absolute Gasteiger partial charge is 0.268 e. The Hall–Kier alpha value is -1.79. The fourth-order valence-corrected chi connectivity index (χ4v) is 2.16. The van der Waals surface area contributed by atoms with Crippen LogP contribution in [0.15, 0.2) is 24.3 Å². The number of rotatable bonds is 5. The number of ether oxygens (including phenoxy) is 1. The van der Waals surface area contributed by atoms with Crippen molar-refractivity contribution >= 4 is 29.9 Å². The number of hydrogen-bond acceptors (Lipinski definition) is 4. The van der Waals surface area contributed by atoms with Crippen LogP contribution in [0.5, 0.6) is 5.75 Å². The third kappa shape index (κ3) is 4.35. The lowest BCUT2D eigenvalue weighted by Gasteiger charge is -2.32. The van der Waals surface area contributed by atoms with Crippen LogP contribution in [-0.2, 0) is 9.59 Å². The van der Waals surface area contributed by atoms with Crippen molar-refractivity contribution in [2.24, 2.45) is 5.73 Å². The molecule has 0 radical (unpaired) electrons. The second-order valence-corrected chi connectivity index (χ2v) is 5.27. The molecule has 1 aliphatic heterocycles. The molecule has 7 heteroatoms. The van der Waals surface area contributed by atoms with Gasteiger partial charge in [0.25, 0.3) is 5.91 Å². The van der Waals surface area contributed by atoms with Crippen molar-refractivity contribution in [2.45, 2.75) is 32.4 Å². The molecule has 0 fully saturated rings. The van der Waals surface area contributed by atoms with E-state index in [0.29, 0.717) is 24.4 Å². The Bertz CT molecular complexity index is 537. The Morgan fingerprint density at radius 2 is 2.14 bits per heavy atom. The van der Waals surface area contributed by atoms with Gasteiger partial charge in [-0.05, 0) is 32.4 Å². The molecule has 0 aliphatic carbocycles. The topological polar surface area (TPSA) is 84.7 Å². The third-order valence-corrected chi connectivity index (χ3v) is 3.30. The largest absolute Gasteiger partial charge is 0.479 e. The minimum absolute atomic E-state index is 0. The first kappa shape index (κ1) is 18.3. The van der Waals surface area contributed by atoms with Crippen molar-refractivity contribution in [3.63, 3.8) is 0 Å². The van der Waals surface area contributed by atoms with E-state index in [1.165, 1.54) is 4.90 Å². The summed E-state index contributed by atoms with van der Waals surface area (Å²) in [4.78, 5) is 25.6. The second-order valence-electron chi connectivity index (χ2n) is 5.27. The lowest BCUT2D eigenvalue weighted by molar-refractivity contribution is -0.128. The van der Waals surface area contributed by atoms with Crippen molar-refractivity contribution < 1.29 is 14.3 Å². The number of carbonyl (C=O) groups is 2. The van der Waals surface area contributed by atoms with Gasteiger partial charge in [-0.1, -0.05) is 12.1 Å². The Morgan fingerprint density at radius 3 is 2.82 bits per heavy atom. The first-order valence-corrected chi connectivity index (χ1v) is 7.08. The molecule has 2 rings (SSSR count). The zero-order valence-corrected chi connectivity index (χ0v) is 13.6. The van der Waals surface area contributed by atoms with Crippen LogP contribution in [0.1, 0.15) is 20.3 Å². The number of hydrogen-bond donors (Lipinski definition) is 2.